The number of nitrogens with one attached hydrogen (secondary N) is 1. The number of halogens is 7. The molecule has 0 unspecified atom stereocenters. The molecule has 0 aliphatic heterocycles. The van der Waals surface area contributed by atoms with Crippen molar-refractivity contribution in [1.29, 1.82) is 0 Å². The molecule has 0 fully saturated rings. The highest BCUT2D eigenvalue weighted by Gasteiger charge is 2.60. The maximum atomic E-state index is 14.3. The second-order valence-corrected chi connectivity index (χ2v) is 7.81. The van der Waals surface area contributed by atoms with E-state index in [0.717, 1.165) is 4.40 Å². The number of hydrogen-bond donors (Lipinski definition) is 2. The van der Waals surface area contributed by atoms with Crippen LogP contribution in [0.25, 0.3) is 27.8 Å². The molecule has 0 spiro atoms. The van der Waals surface area contributed by atoms with Crippen LogP contribution in [-0.2, 0) is 5.92 Å². The SMILES string of the molecule is NNC(=O)c1nc2ccc3c(-c4ccc(Cl)cc4)cc(C(F)(F)C(F)(F)F)nc3n2c1Br. The number of benzene rings is 1. The minimum Gasteiger partial charge on any atom is -0.289 e. The number of fused-ring (bicyclic) bond motifs is 3. The largest absolute Gasteiger partial charge is 0.459 e. The second-order valence-electron chi connectivity index (χ2n) is 6.62. The fourth-order valence-corrected chi connectivity index (χ4v) is 3.90. The lowest BCUT2D eigenvalue weighted by molar-refractivity contribution is -0.290. The molecule has 3 N–H and O–H groups in total. The highest BCUT2D eigenvalue weighted by atomic mass is 79.9. The molecule has 0 saturated carbocycles. The van der Waals surface area contributed by atoms with Crippen LogP contribution in [-0.4, -0.2) is 26.5 Å². The second kappa shape index (κ2) is 7.64. The number of hydrogen-bond acceptors (Lipinski definition) is 4. The van der Waals surface area contributed by atoms with Crippen molar-refractivity contribution in [2.45, 2.75) is 12.1 Å². The summed E-state index contributed by atoms with van der Waals surface area (Å²) in [7, 11) is 0. The summed E-state index contributed by atoms with van der Waals surface area (Å²) in [6.07, 6.45) is -5.88. The summed E-state index contributed by atoms with van der Waals surface area (Å²) in [6, 6.07) is 9.51. The van der Waals surface area contributed by atoms with Crippen LogP contribution in [0, 0.1) is 0 Å². The monoisotopic (exact) mass is 533 g/mol. The quantitative estimate of drug-likeness (QED) is 0.163. The first kappa shape index (κ1) is 22.4. The van der Waals surface area contributed by atoms with E-state index >= 15 is 0 Å². The number of carbonyl (C=O) groups excluding carboxylic acids is 1. The van der Waals surface area contributed by atoms with Crippen LogP contribution in [0.2, 0.25) is 5.02 Å². The first-order valence-electron chi connectivity index (χ1n) is 8.69. The average molecular weight is 535 g/mol. The first-order valence-corrected chi connectivity index (χ1v) is 9.86. The smallest absolute Gasteiger partial charge is 0.289 e. The van der Waals surface area contributed by atoms with Gasteiger partial charge in [-0.25, -0.2) is 15.8 Å². The number of nitrogens with two attached hydrogens (primary N) is 1. The molecule has 0 aliphatic rings. The summed E-state index contributed by atoms with van der Waals surface area (Å²) < 4.78 is 69.2. The summed E-state index contributed by atoms with van der Waals surface area (Å²) >= 11 is 9.01. The minimum absolute atomic E-state index is 0.0249. The first-order chi connectivity index (χ1) is 15.0. The molecule has 4 rings (SSSR count). The Balaban J connectivity index is 2.14. The Morgan fingerprint density at radius 3 is 2.31 bits per heavy atom. The van der Waals surface area contributed by atoms with Crippen LogP contribution < -0.4 is 11.3 Å². The fraction of sp³-hybridized carbons (Fsp3) is 0.105. The molecule has 32 heavy (non-hydrogen) atoms. The van der Waals surface area contributed by atoms with E-state index in [2.05, 4.69) is 25.9 Å². The molecule has 0 saturated heterocycles. The van der Waals surface area contributed by atoms with Crippen LogP contribution in [0.4, 0.5) is 22.0 Å². The summed E-state index contributed by atoms with van der Waals surface area (Å²) in [5.41, 5.74) is 0.348. The minimum atomic E-state index is -5.88. The zero-order valence-corrected chi connectivity index (χ0v) is 17.9. The standard InChI is InChI=1S/C19H10BrClF5N5O/c20-15-14(17(32)30-27)29-13-6-5-10-11(8-1-3-9(21)4-2-8)7-12(28-16(10)31(13)15)18(22,23)19(24,25)26/h1-7H,27H2,(H,30,32). The van der Waals surface area contributed by atoms with E-state index in [1.807, 2.05) is 5.43 Å². The summed E-state index contributed by atoms with van der Waals surface area (Å²) in [4.78, 5) is 19.7. The molecular weight excluding hydrogens is 525 g/mol. The Morgan fingerprint density at radius 1 is 1.06 bits per heavy atom. The normalized spacial score (nSPS) is 12.5. The van der Waals surface area contributed by atoms with Crippen LogP contribution in [0.1, 0.15) is 16.2 Å². The molecule has 1 aromatic carbocycles. The Morgan fingerprint density at radius 2 is 1.72 bits per heavy atom. The lowest BCUT2D eigenvalue weighted by Gasteiger charge is -2.21. The van der Waals surface area contributed by atoms with Gasteiger partial charge in [0.25, 0.3) is 5.91 Å². The number of rotatable bonds is 3. The van der Waals surface area contributed by atoms with Crippen molar-refractivity contribution in [3.8, 4) is 11.1 Å². The summed E-state index contributed by atoms with van der Waals surface area (Å²) in [6.45, 7) is 0. The third-order valence-corrected chi connectivity index (χ3v) is 5.66. The van der Waals surface area contributed by atoms with Gasteiger partial charge in [0, 0.05) is 10.4 Å². The molecule has 6 nitrogen and oxygen atoms in total. The van der Waals surface area contributed by atoms with Crippen LogP contribution in [0.5, 0.6) is 0 Å². The number of carbonyl (C=O) groups is 1. The van der Waals surface area contributed by atoms with E-state index in [9.17, 15) is 26.7 Å². The van der Waals surface area contributed by atoms with Crippen molar-refractivity contribution in [1.82, 2.24) is 19.8 Å². The Kier molecular flexibility index (Phi) is 5.34. The lowest BCUT2D eigenvalue weighted by atomic mass is 10.00. The molecule has 166 valence electrons. The zero-order chi connectivity index (χ0) is 23.4. The van der Waals surface area contributed by atoms with E-state index in [1.54, 1.807) is 0 Å². The van der Waals surface area contributed by atoms with Crippen LogP contribution in [0.3, 0.4) is 0 Å². The number of pyridine rings is 2. The van der Waals surface area contributed by atoms with E-state index in [1.165, 1.54) is 36.4 Å². The van der Waals surface area contributed by atoms with Gasteiger partial charge in [-0.3, -0.25) is 14.6 Å². The van der Waals surface area contributed by atoms with Crippen LogP contribution in [0.15, 0.2) is 47.1 Å². The molecule has 3 heterocycles. The molecule has 0 atom stereocenters. The van der Waals surface area contributed by atoms with Crippen molar-refractivity contribution in [3.63, 3.8) is 0 Å². The Bertz CT molecular complexity index is 1370. The van der Waals surface area contributed by atoms with E-state index in [-0.39, 0.29) is 32.5 Å². The van der Waals surface area contributed by atoms with Gasteiger partial charge in [0.15, 0.2) is 5.69 Å². The van der Waals surface area contributed by atoms with E-state index < -0.39 is 23.7 Å². The number of alkyl halides is 5. The van der Waals surface area contributed by atoms with Gasteiger partial charge < -0.3 is 0 Å². The molecule has 0 radical (unpaired) electrons. The lowest BCUT2D eigenvalue weighted by Crippen LogP contribution is -2.34. The number of nitrogen functional groups attached to an aromatic ring is 1. The molecule has 4 aromatic rings. The molecular formula is C19H10BrClF5N5O. The van der Waals surface area contributed by atoms with Crippen LogP contribution >= 0.6 is 27.5 Å². The maximum absolute atomic E-state index is 14.3. The van der Waals surface area contributed by atoms with Crippen molar-refractivity contribution in [2.75, 3.05) is 0 Å². The van der Waals surface area contributed by atoms with Crippen molar-refractivity contribution >= 4 is 50.1 Å². The molecule has 0 aliphatic carbocycles. The van der Waals surface area contributed by atoms with E-state index in [0.29, 0.717) is 16.7 Å². The summed E-state index contributed by atoms with van der Waals surface area (Å²) in [5, 5.41) is 0.587. The van der Waals surface area contributed by atoms with Crippen molar-refractivity contribution in [2.24, 2.45) is 5.84 Å². The zero-order valence-electron chi connectivity index (χ0n) is 15.5. The Labute approximate surface area is 189 Å². The predicted octanol–water partition coefficient (Wildman–Crippen LogP) is 5.22. The number of imidazole rings is 1. The highest BCUT2D eigenvalue weighted by Crippen LogP contribution is 2.45. The van der Waals surface area contributed by atoms with Gasteiger partial charge in [0.05, 0.1) is 0 Å². The Hall–Kier alpha value is -2.83. The third-order valence-electron chi connectivity index (χ3n) is 4.68. The highest BCUT2D eigenvalue weighted by molar-refractivity contribution is 9.10. The van der Waals surface area contributed by atoms with Gasteiger partial charge in [-0.1, -0.05) is 23.7 Å². The summed E-state index contributed by atoms with van der Waals surface area (Å²) in [5.74, 6) is -0.915. The van der Waals surface area contributed by atoms with Gasteiger partial charge in [0.1, 0.15) is 21.6 Å². The van der Waals surface area contributed by atoms with Gasteiger partial charge >= 0.3 is 12.1 Å². The van der Waals surface area contributed by atoms with Gasteiger partial charge in [0.2, 0.25) is 0 Å². The van der Waals surface area contributed by atoms with Crippen molar-refractivity contribution < 1.29 is 26.7 Å². The predicted molar refractivity (Wildman–Crippen MR) is 110 cm³/mol. The number of nitrogens with zero attached hydrogens (tertiary/aromatic N) is 3. The topological polar surface area (TPSA) is 85.3 Å². The number of aromatic nitrogens is 3. The van der Waals surface area contributed by atoms with Crippen molar-refractivity contribution in [3.05, 3.63) is 63.5 Å². The maximum Gasteiger partial charge on any atom is 0.459 e. The molecule has 3 aromatic heterocycles. The fourth-order valence-electron chi connectivity index (χ4n) is 3.15. The molecule has 0 bridgehead atoms. The van der Waals surface area contributed by atoms with Gasteiger partial charge in [-0.2, -0.15) is 22.0 Å². The number of amides is 1. The third kappa shape index (κ3) is 3.48. The molecule has 1 amide bonds. The average Bonchev–Trinajstić information content (AvgIpc) is 3.09. The van der Waals surface area contributed by atoms with Gasteiger partial charge in [-0.15, -0.1) is 0 Å². The molecule has 13 heteroatoms. The number of hydrazine groups is 1. The van der Waals surface area contributed by atoms with E-state index in [4.69, 9.17) is 17.4 Å². The van der Waals surface area contributed by atoms with Gasteiger partial charge in [-0.05, 0) is 57.4 Å².